The third-order valence-electron chi connectivity index (χ3n) is 5.70. The minimum absolute atomic E-state index is 0.243. The number of amides is 1. The number of hydrogen-bond acceptors (Lipinski definition) is 8. The lowest BCUT2D eigenvalue weighted by atomic mass is 10.2. The fraction of sp³-hybridized carbons (Fsp3) is 0.348. The summed E-state index contributed by atoms with van der Waals surface area (Å²) in [5.74, 6) is 1.45. The van der Waals surface area contributed by atoms with E-state index in [0.717, 1.165) is 56.3 Å². The maximum atomic E-state index is 12.9. The van der Waals surface area contributed by atoms with Crippen molar-refractivity contribution in [2.24, 2.45) is 0 Å². The Labute approximate surface area is 186 Å². The Hall–Kier alpha value is -3.43. The van der Waals surface area contributed by atoms with Gasteiger partial charge >= 0.3 is 0 Å². The van der Waals surface area contributed by atoms with Gasteiger partial charge in [0.1, 0.15) is 11.6 Å². The maximum Gasteiger partial charge on any atom is 0.291 e. The van der Waals surface area contributed by atoms with Gasteiger partial charge in [-0.3, -0.25) is 9.78 Å². The van der Waals surface area contributed by atoms with Gasteiger partial charge in [0, 0.05) is 57.2 Å². The largest absolute Gasteiger partial charge is 0.451 e. The summed E-state index contributed by atoms with van der Waals surface area (Å²) >= 11 is 0. The number of morpholine rings is 1. The van der Waals surface area contributed by atoms with Crippen molar-refractivity contribution in [3.8, 4) is 11.3 Å². The first-order valence-corrected chi connectivity index (χ1v) is 10.9. The van der Waals surface area contributed by atoms with Crippen LogP contribution in [0.1, 0.15) is 10.6 Å². The highest BCUT2D eigenvalue weighted by atomic mass is 16.5. The zero-order chi connectivity index (χ0) is 21.8. The number of rotatable bonds is 5. The van der Waals surface area contributed by atoms with E-state index in [4.69, 9.17) is 9.15 Å². The first-order chi connectivity index (χ1) is 15.8. The second kappa shape index (κ2) is 9.37. The number of piperazine rings is 1. The topological polar surface area (TPSA) is 95.8 Å². The van der Waals surface area contributed by atoms with Crippen LogP contribution in [0.25, 0.3) is 11.3 Å². The van der Waals surface area contributed by atoms with Crippen molar-refractivity contribution in [3.63, 3.8) is 0 Å². The summed E-state index contributed by atoms with van der Waals surface area (Å²) in [4.78, 5) is 26.0. The van der Waals surface area contributed by atoms with Crippen molar-refractivity contribution in [2.45, 2.75) is 0 Å². The number of anilines is 3. The highest BCUT2D eigenvalue weighted by Gasteiger charge is 2.19. The van der Waals surface area contributed by atoms with E-state index in [1.54, 1.807) is 30.7 Å². The molecule has 2 N–H and O–H groups in total. The minimum Gasteiger partial charge on any atom is -0.451 e. The van der Waals surface area contributed by atoms with Gasteiger partial charge in [-0.25, -0.2) is 4.98 Å². The van der Waals surface area contributed by atoms with E-state index >= 15 is 0 Å². The average Bonchev–Trinajstić information content (AvgIpc) is 3.36. The van der Waals surface area contributed by atoms with Gasteiger partial charge in [0.25, 0.3) is 5.91 Å². The smallest absolute Gasteiger partial charge is 0.291 e. The Balaban J connectivity index is 1.28. The third-order valence-corrected chi connectivity index (χ3v) is 5.70. The third kappa shape index (κ3) is 4.44. The molecule has 9 heteroatoms. The first-order valence-electron chi connectivity index (χ1n) is 10.9. The highest BCUT2D eigenvalue weighted by molar-refractivity contribution is 6.04. The lowest BCUT2D eigenvalue weighted by molar-refractivity contribution is 0.0997. The molecule has 9 nitrogen and oxygen atoms in total. The molecule has 0 aliphatic carbocycles. The molecule has 0 radical (unpaired) electrons. The summed E-state index contributed by atoms with van der Waals surface area (Å²) in [5, 5.41) is 6.29. The average molecular weight is 435 g/mol. The molecule has 2 aliphatic heterocycles. The summed E-state index contributed by atoms with van der Waals surface area (Å²) in [6.45, 7) is 6.69. The molecule has 0 atom stereocenters. The molecule has 0 saturated carbocycles. The van der Waals surface area contributed by atoms with Gasteiger partial charge in [-0.15, -0.1) is 0 Å². The molecule has 3 aromatic rings. The summed E-state index contributed by atoms with van der Waals surface area (Å²) in [7, 11) is 0. The van der Waals surface area contributed by atoms with Gasteiger partial charge in [0.05, 0.1) is 30.8 Å². The molecule has 3 aromatic heterocycles. The fourth-order valence-electron chi connectivity index (χ4n) is 3.98. The monoisotopic (exact) mass is 434 g/mol. The molecule has 0 spiro atoms. The zero-order valence-electron chi connectivity index (χ0n) is 17.8. The number of ether oxygens (including phenoxy) is 1. The molecule has 0 unspecified atom stereocenters. The number of carbonyl (C=O) groups is 1. The van der Waals surface area contributed by atoms with Crippen molar-refractivity contribution in [1.29, 1.82) is 0 Å². The summed E-state index contributed by atoms with van der Waals surface area (Å²) in [6.07, 6.45) is 5.19. The van der Waals surface area contributed by atoms with E-state index in [-0.39, 0.29) is 11.7 Å². The van der Waals surface area contributed by atoms with Gasteiger partial charge in [-0.1, -0.05) is 0 Å². The van der Waals surface area contributed by atoms with Gasteiger partial charge < -0.3 is 29.6 Å². The Morgan fingerprint density at radius 3 is 2.59 bits per heavy atom. The van der Waals surface area contributed by atoms with Crippen LogP contribution >= 0.6 is 0 Å². The first kappa shape index (κ1) is 20.5. The van der Waals surface area contributed by atoms with E-state index in [1.165, 1.54) is 0 Å². The molecule has 166 valence electrons. The number of furan rings is 1. The molecule has 0 bridgehead atoms. The standard InChI is InChI=1S/C23H26N6O3/c30-23(27-18-16-25-6-5-19(18)28-9-7-24-8-10-28)21-3-2-20(32-21)17-1-4-22(26-15-17)29-11-13-31-14-12-29/h1-6,15-16,24H,7-14H2,(H,27,30). The van der Waals surface area contributed by atoms with Crippen molar-refractivity contribution in [3.05, 3.63) is 54.7 Å². The highest BCUT2D eigenvalue weighted by Crippen LogP contribution is 2.27. The van der Waals surface area contributed by atoms with E-state index in [0.29, 0.717) is 24.7 Å². The molecule has 2 aliphatic rings. The number of hydrogen-bond donors (Lipinski definition) is 2. The zero-order valence-corrected chi connectivity index (χ0v) is 17.8. The maximum absolute atomic E-state index is 12.9. The molecular formula is C23H26N6O3. The van der Waals surface area contributed by atoms with E-state index in [2.05, 4.69) is 30.4 Å². The Kier molecular flexibility index (Phi) is 6.00. The van der Waals surface area contributed by atoms with Crippen molar-refractivity contribution < 1.29 is 13.9 Å². The molecule has 1 amide bonds. The molecule has 5 rings (SSSR count). The van der Waals surface area contributed by atoms with E-state index in [1.807, 2.05) is 18.2 Å². The summed E-state index contributed by atoms with van der Waals surface area (Å²) < 4.78 is 11.2. The van der Waals surface area contributed by atoms with Crippen LogP contribution in [0.4, 0.5) is 17.2 Å². The lowest BCUT2D eigenvalue weighted by Crippen LogP contribution is -2.43. The number of nitrogens with zero attached hydrogens (tertiary/aromatic N) is 4. The second-order valence-corrected chi connectivity index (χ2v) is 7.75. The molecule has 32 heavy (non-hydrogen) atoms. The number of pyridine rings is 2. The Morgan fingerprint density at radius 1 is 0.969 bits per heavy atom. The molecule has 2 fully saturated rings. The van der Waals surface area contributed by atoms with E-state index in [9.17, 15) is 4.79 Å². The summed E-state index contributed by atoms with van der Waals surface area (Å²) in [6, 6.07) is 9.33. The van der Waals surface area contributed by atoms with Crippen molar-refractivity contribution in [1.82, 2.24) is 15.3 Å². The Bertz CT molecular complexity index is 1060. The quantitative estimate of drug-likeness (QED) is 0.631. The van der Waals surface area contributed by atoms with Gasteiger partial charge in [0.15, 0.2) is 5.76 Å². The number of carbonyl (C=O) groups excluding carboxylic acids is 1. The minimum atomic E-state index is -0.307. The van der Waals surface area contributed by atoms with Crippen molar-refractivity contribution >= 4 is 23.1 Å². The summed E-state index contributed by atoms with van der Waals surface area (Å²) in [5.41, 5.74) is 2.46. The van der Waals surface area contributed by atoms with Crippen LogP contribution in [0.5, 0.6) is 0 Å². The van der Waals surface area contributed by atoms with E-state index < -0.39 is 0 Å². The fourth-order valence-corrected chi connectivity index (χ4v) is 3.98. The van der Waals surface area contributed by atoms with Crippen LogP contribution in [0.3, 0.4) is 0 Å². The Morgan fingerprint density at radius 2 is 1.81 bits per heavy atom. The number of nitrogens with one attached hydrogen (secondary N) is 2. The lowest BCUT2D eigenvalue weighted by Gasteiger charge is -2.30. The predicted octanol–water partition coefficient (Wildman–Crippen LogP) is 2.24. The van der Waals surface area contributed by atoms with Crippen LogP contribution in [0, 0.1) is 0 Å². The molecular weight excluding hydrogens is 408 g/mol. The van der Waals surface area contributed by atoms with Crippen LogP contribution in [0.15, 0.2) is 53.3 Å². The van der Waals surface area contributed by atoms with Crippen LogP contribution in [-0.4, -0.2) is 68.4 Å². The SMILES string of the molecule is O=C(Nc1cnccc1N1CCNCC1)c1ccc(-c2ccc(N3CCOCC3)nc2)o1. The molecule has 5 heterocycles. The van der Waals surface area contributed by atoms with Gasteiger partial charge in [0.2, 0.25) is 0 Å². The van der Waals surface area contributed by atoms with Crippen LogP contribution in [0.2, 0.25) is 0 Å². The van der Waals surface area contributed by atoms with Gasteiger partial charge in [-0.05, 0) is 30.3 Å². The van der Waals surface area contributed by atoms with Crippen molar-refractivity contribution in [2.75, 3.05) is 67.6 Å². The van der Waals surface area contributed by atoms with Crippen LogP contribution in [-0.2, 0) is 4.74 Å². The predicted molar refractivity (Wildman–Crippen MR) is 122 cm³/mol. The normalized spacial score (nSPS) is 16.8. The van der Waals surface area contributed by atoms with Crippen LogP contribution < -0.4 is 20.4 Å². The van der Waals surface area contributed by atoms with Gasteiger partial charge in [-0.2, -0.15) is 0 Å². The second-order valence-electron chi connectivity index (χ2n) is 7.75. The molecule has 0 aromatic carbocycles. The number of aromatic nitrogens is 2. The molecule has 2 saturated heterocycles.